The maximum Gasteiger partial charge on any atom is 0.234 e. The maximum atomic E-state index is 11.9. The van der Waals surface area contributed by atoms with Crippen LogP contribution in [0.1, 0.15) is 24.1 Å². The molecule has 0 radical (unpaired) electrons. The van der Waals surface area contributed by atoms with E-state index in [1.54, 1.807) is 4.68 Å². The first-order valence-corrected chi connectivity index (χ1v) is 6.78. The number of aromatic nitrogens is 2. The Balaban J connectivity index is 1.74. The minimum atomic E-state index is 0.0683. The summed E-state index contributed by atoms with van der Waals surface area (Å²) >= 11 is 0. The average Bonchev–Trinajstić information content (AvgIpc) is 2.68. The zero-order valence-corrected chi connectivity index (χ0v) is 11.7. The van der Waals surface area contributed by atoms with Crippen LogP contribution in [-0.2, 0) is 18.4 Å². The number of piperidine rings is 1. The molecule has 0 atom stereocenters. The van der Waals surface area contributed by atoms with Gasteiger partial charge in [0.05, 0.1) is 12.2 Å². The van der Waals surface area contributed by atoms with E-state index < -0.39 is 0 Å². The number of rotatable bonds is 4. The smallest absolute Gasteiger partial charge is 0.234 e. The molecule has 6 nitrogen and oxygen atoms in total. The molecule has 3 N–H and O–H groups in total. The predicted molar refractivity (Wildman–Crippen MR) is 73.4 cm³/mol. The minimum Gasteiger partial charge on any atom is -0.351 e. The third-order valence-corrected chi connectivity index (χ3v) is 3.59. The minimum absolute atomic E-state index is 0.0683. The van der Waals surface area contributed by atoms with E-state index in [9.17, 15) is 4.79 Å². The standard InChI is InChI=1S/C13H23N5O/c1-10-11(8-17(2)16-10)7-15-13(19)9-18-5-3-12(14)4-6-18/h8,12H,3-7,9,14H2,1-2H3,(H,15,19). The molecule has 1 saturated heterocycles. The Morgan fingerprint density at radius 2 is 2.21 bits per heavy atom. The Hall–Kier alpha value is -1.40. The van der Waals surface area contributed by atoms with Crippen molar-refractivity contribution in [1.82, 2.24) is 20.0 Å². The van der Waals surface area contributed by atoms with Gasteiger partial charge in [-0.2, -0.15) is 5.10 Å². The van der Waals surface area contributed by atoms with Gasteiger partial charge in [-0.1, -0.05) is 0 Å². The summed E-state index contributed by atoms with van der Waals surface area (Å²) in [6.45, 7) is 4.80. The molecular weight excluding hydrogens is 242 g/mol. The van der Waals surface area contributed by atoms with Crippen LogP contribution in [0, 0.1) is 6.92 Å². The van der Waals surface area contributed by atoms with Gasteiger partial charge in [0, 0.05) is 44.5 Å². The molecule has 1 aromatic heterocycles. The average molecular weight is 265 g/mol. The van der Waals surface area contributed by atoms with E-state index >= 15 is 0 Å². The molecule has 0 bridgehead atoms. The number of carbonyl (C=O) groups excluding carboxylic acids is 1. The summed E-state index contributed by atoms with van der Waals surface area (Å²) in [5.74, 6) is 0.0683. The van der Waals surface area contributed by atoms with Gasteiger partial charge in [-0.25, -0.2) is 0 Å². The second-order valence-corrected chi connectivity index (χ2v) is 5.30. The molecule has 2 rings (SSSR count). The largest absolute Gasteiger partial charge is 0.351 e. The number of amides is 1. The van der Waals surface area contributed by atoms with E-state index in [0.29, 0.717) is 19.1 Å². The van der Waals surface area contributed by atoms with Crippen LogP contribution in [0.4, 0.5) is 0 Å². The summed E-state index contributed by atoms with van der Waals surface area (Å²) in [6.07, 6.45) is 3.90. The van der Waals surface area contributed by atoms with Crippen molar-refractivity contribution in [3.63, 3.8) is 0 Å². The number of carbonyl (C=O) groups is 1. The normalized spacial score (nSPS) is 17.6. The van der Waals surface area contributed by atoms with Crippen LogP contribution in [0.25, 0.3) is 0 Å². The fourth-order valence-electron chi connectivity index (χ4n) is 2.39. The molecule has 1 aromatic rings. The highest BCUT2D eigenvalue weighted by Crippen LogP contribution is 2.07. The van der Waals surface area contributed by atoms with Gasteiger partial charge in [0.25, 0.3) is 0 Å². The molecule has 1 fully saturated rings. The second-order valence-electron chi connectivity index (χ2n) is 5.30. The number of aryl methyl sites for hydroxylation is 2. The third-order valence-electron chi connectivity index (χ3n) is 3.59. The first-order valence-electron chi connectivity index (χ1n) is 6.78. The molecule has 19 heavy (non-hydrogen) atoms. The topological polar surface area (TPSA) is 76.2 Å². The monoisotopic (exact) mass is 265 g/mol. The van der Waals surface area contributed by atoms with Crippen molar-refractivity contribution >= 4 is 5.91 Å². The van der Waals surface area contributed by atoms with Gasteiger partial charge in [0.1, 0.15) is 0 Å². The Bertz CT molecular complexity index is 434. The van der Waals surface area contributed by atoms with Crippen molar-refractivity contribution in [3.8, 4) is 0 Å². The summed E-state index contributed by atoms with van der Waals surface area (Å²) in [7, 11) is 1.88. The Morgan fingerprint density at radius 3 is 2.79 bits per heavy atom. The molecule has 2 heterocycles. The maximum absolute atomic E-state index is 11.9. The lowest BCUT2D eigenvalue weighted by Gasteiger charge is -2.29. The van der Waals surface area contributed by atoms with Crippen molar-refractivity contribution < 1.29 is 4.79 Å². The van der Waals surface area contributed by atoms with E-state index in [1.807, 2.05) is 20.2 Å². The highest BCUT2D eigenvalue weighted by Gasteiger charge is 2.18. The van der Waals surface area contributed by atoms with E-state index in [2.05, 4.69) is 15.3 Å². The van der Waals surface area contributed by atoms with Crippen LogP contribution in [0.15, 0.2) is 6.20 Å². The number of nitrogens with one attached hydrogen (secondary N) is 1. The van der Waals surface area contributed by atoms with Crippen LogP contribution in [0.2, 0.25) is 0 Å². The molecule has 6 heteroatoms. The molecule has 0 aromatic carbocycles. The zero-order chi connectivity index (χ0) is 13.8. The first kappa shape index (κ1) is 14.0. The Kier molecular flexibility index (Phi) is 4.55. The number of nitrogens with two attached hydrogens (primary N) is 1. The van der Waals surface area contributed by atoms with Gasteiger partial charge in [-0.3, -0.25) is 14.4 Å². The van der Waals surface area contributed by atoms with E-state index in [1.165, 1.54) is 0 Å². The molecule has 1 aliphatic rings. The number of hydrogen-bond acceptors (Lipinski definition) is 4. The van der Waals surface area contributed by atoms with Crippen LogP contribution in [0.5, 0.6) is 0 Å². The molecule has 0 unspecified atom stereocenters. The molecule has 0 spiro atoms. The van der Waals surface area contributed by atoms with Crippen molar-refractivity contribution in [3.05, 3.63) is 17.5 Å². The first-order chi connectivity index (χ1) is 9.04. The summed E-state index contributed by atoms with van der Waals surface area (Å²) in [4.78, 5) is 14.0. The van der Waals surface area contributed by atoms with E-state index in [4.69, 9.17) is 5.73 Å². The molecule has 1 aliphatic heterocycles. The number of likely N-dealkylation sites (tertiary alicyclic amines) is 1. The van der Waals surface area contributed by atoms with Crippen LogP contribution in [0.3, 0.4) is 0 Å². The van der Waals surface area contributed by atoms with E-state index in [0.717, 1.165) is 37.2 Å². The van der Waals surface area contributed by atoms with Crippen molar-refractivity contribution in [2.75, 3.05) is 19.6 Å². The summed E-state index contributed by atoms with van der Waals surface area (Å²) < 4.78 is 1.77. The van der Waals surface area contributed by atoms with Crippen molar-refractivity contribution in [2.24, 2.45) is 12.8 Å². The lowest BCUT2D eigenvalue weighted by molar-refractivity contribution is -0.122. The van der Waals surface area contributed by atoms with Crippen molar-refractivity contribution in [2.45, 2.75) is 32.4 Å². The second kappa shape index (κ2) is 6.16. The summed E-state index contributed by atoms with van der Waals surface area (Å²) in [5.41, 5.74) is 7.88. The van der Waals surface area contributed by atoms with Gasteiger partial charge in [0.2, 0.25) is 5.91 Å². The van der Waals surface area contributed by atoms with Crippen molar-refractivity contribution in [1.29, 1.82) is 0 Å². The summed E-state index contributed by atoms with van der Waals surface area (Å²) in [5, 5.41) is 7.20. The SMILES string of the molecule is Cc1nn(C)cc1CNC(=O)CN1CCC(N)CC1. The number of nitrogens with zero attached hydrogens (tertiary/aromatic N) is 3. The summed E-state index contributed by atoms with van der Waals surface area (Å²) in [6, 6.07) is 0.303. The highest BCUT2D eigenvalue weighted by molar-refractivity contribution is 5.78. The molecule has 0 aliphatic carbocycles. The molecule has 1 amide bonds. The Morgan fingerprint density at radius 1 is 1.53 bits per heavy atom. The van der Waals surface area contributed by atoms with Crippen LogP contribution < -0.4 is 11.1 Å². The van der Waals surface area contributed by atoms with Gasteiger partial charge in [-0.15, -0.1) is 0 Å². The predicted octanol–water partition coefficient (Wildman–Crippen LogP) is -0.232. The number of hydrogen-bond donors (Lipinski definition) is 2. The molecule has 0 saturated carbocycles. The highest BCUT2D eigenvalue weighted by atomic mass is 16.2. The van der Waals surface area contributed by atoms with Crippen LogP contribution in [-0.4, -0.2) is 46.3 Å². The lowest BCUT2D eigenvalue weighted by Crippen LogP contribution is -2.44. The van der Waals surface area contributed by atoms with Gasteiger partial charge < -0.3 is 11.1 Å². The fourth-order valence-corrected chi connectivity index (χ4v) is 2.39. The molecule has 106 valence electrons. The van der Waals surface area contributed by atoms with Gasteiger partial charge in [0.15, 0.2) is 0 Å². The third kappa shape index (κ3) is 4.04. The Labute approximate surface area is 113 Å². The fraction of sp³-hybridized carbons (Fsp3) is 0.692. The van der Waals surface area contributed by atoms with Crippen LogP contribution >= 0.6 is 0 Å². The van der Waals surface area contributed by atoms with E-state index in [-0.39, 0.29) is 5.91 Å². The zero-order valence-electron chi connectivity index (χ0n) is 11.7. The molecular formula is C13H23N5O. The lowest BCUT2D eigenvalue weighted by atomic mass is 10.1. The quantitative estimate of drug-likeness (QED) is 0.788. The van der Waals surface area contributed by atoms with Gasteiger partial charge >= 0.3 is 0 Å². The van der Waals surface area contributed by atoms with Gasteiger partial charge in [-0.05, 0) is 19.8 Å².